The highest BCUT2D eigenvalue weighted by Gasteiger charge is 2.27. The van der Waals surface area contributed by atoms with E-state index in [2.05, 4.69) is 4.98 Å². The summed E-state index contributed by atoms with van der Waals surface area (Å²) in [5, 5.41) is 0. The van der Waals surface area contributed by atoms with Gasteiger partial charge in [0, 0.05) is 25.0 Å². The van der Waals surface area contributed by atoms with E-state index in [0.29, 0.717) is 17.9 Å². The second-order valence-electron chi connectivity index (χ2n) is 3.68. The van der Waals surface area contributed by atoms with E-state index in [4.69, 9.17) is 5.73 Å². The summed E-state index contributed by atoms with van der Waals surface area (Å²) in [6.45, 7) is 0.321. The zero-order valence-corrected chi connectivity index (χ0v) is 8.96. The largest absolute Gasteiger partial charge is 0.399 e. The number of nitrogen functional groups attached to an aromatic ring is 1. The lowest BCUT2D eigenvalue weighted by Crippen LogP contribution is -2.24. The zero-order valence-electron chi connectivity index (χ0n) is 8.96. The number of pyridine rings is 1. The van der Waals surface area contributed by atoms with Crippen molar-refractivity contribution >= 4 is 5.69 Å². The molecule has 2 N–H and O–H groups in total. The molecule has 1 aromatic heterocycles. The quantitative estimate of drug-likeness (QED) is 0.865. The van der Waals surface area contributed by atoms with Gasteiger partial charge >= 0.3 is 6.18 Å². The fourth-order valence-electron chi connectivity index (χ4n) is 1.26. The van der Waals surface area contributed by atoms with Crippen molar-refractivity contribution in [3.8, 4) is 0 Å². The van der Waals surface area contributed by atoms with Crippen LogP contribution >= 0.6 is 0 Å². The summed E-state index contributed by atoms with van der Waals surface area (Å²) in [6, 6.07) is 3.29. The van der Waals surface area contributed by atoms with Gasteiger partial charge in [-0.15, -0.1) is 0 Å². The van der Waals surface area contributed by atoms with Gasteiger partial charge in [-0.3, -0.25) is 4.98 Å². The maximum atomic E-state index is 12.0. The van der Waals surface area contributed by atoms with Crippen LogP contribution in [0.5, 0.6) is 0 Å². The first kappa shape index (κ1) is 12.8. The summed E-state index contributed by atoms with van der Waals surface area (Å²) < 4.78 is 35.9. The molecule has 0 bridgehead atoms. The summed E-state index contributed by atoms with van der Waals surface area (Å²) in [5.74, 6) is 0. The second kappa shape index (κ2) is 5.16. The Bertz CT molecular complexity index is 338. The molecule has 0 radical (unpaired) electrons. The van der Waals surface area contributed by atoms with Crippen LogP contribution in [0.1, 0.15) is 12.1 Å². The topological polar surface area (TPSA) is 42.1 Å². The molecule has 0 aliphatic rings. The summed E-state index contributed by atoms with van der Waals surface area (Å²) in [5.41, 5.74) is 6.77. The van der Waals surface area contributed by atoms with E-state index in [0.717, 1.165) is 0 Å². The van der Waals surface area contributed by atoms with Crippen LogP contribution in [0.4, 0.5) is 18.9 Å². The van der Waals surface area contributed by atoms with Crippen molar-refractivity contribution in [3.63, 3.8) is 0 Å². The Balaban J connectivity index is 2.43. The van der Waals surface area contributed by atoms with E-state index in [1.807, 2.05) is 0 Å². The minimum absolute atomic E-state index is 0.0417. The first-order chi connectivity index (χ1) is 7.37. The molecular weight excluding hydrogens is 219 g/mol. The van der Waals surface area contributed by atoms with Crippen LogP contribution in [-0.2, 0) is 6.54 Å². The highest BCUT2D eigenvalue weighted by atomic mass is 19.4. The molecule has 90 valence electrons. The van der Waals surface area contributed by atoms with Gasteiger partial charge in [-0.1, -0.05) is 0 Å². The Kier molecular flexibility index (Phi) is 4.12. The molecule has 0 aromatic carbocycles. The van der Waals surface area contributed by atoms with Gasteiger partial charge in [0.25, 0.3) is 0 Å². The Morgan fingerprint density at radius 1 is 1.44 bits per heavy atom. The molecule has 0 saturated heterocycles. The van der Waals surface area contributed by atoms with E-state index in [9.17, 15) is 13.2 Å². The number of nitrogens with two attached hydrogens (primary N) is 1. The number of aromatic nitrogens is 1. The van der Waals surface area contributed by atoms with Crippen LogP contribution in [0.2, 0.25) is 0 Å². The normalized spacial score (nSPS) is 12.1. The Hall–Kier alpha value is -1.30. The highest BCUT2D eigenvalue weighted by Crippen LogP contribution is 2.19. The molecule has 6 heteroatoms. The number of nitrogens with zero attached hydrogens (tertiary/aromatic N) is 2. The first-order valence-corrected chi connectivity index (χ1v) is 4.82. The molecule has 0 spiro atoms. The van der Waals surface area contributed by atoms with Crippen LogP contribution in [0.25, 0.3) is 0 Å². The predicted molar refractivity (Wildman–Crippen MR) is 55.7 cm³/mol. The lowest BCUT2D eigenvalue weighted by atomic mass is 10.3. The van der Waals surface area contributed by atoms with Crippen LogP contribution in [-0.4, -0.2) is 29.7 Å². The van der Waals surface area contributed by atoms with Crippen molar-refractivity contribution in [2.24, 2.45) is 0 Å². The number of anilines is 1. The van der Waals surface area contributed by atoms with Gasteiger partial charge in [0.1, 0.15) is 0 Å². The van der Waals surface area contributed by atoms with E-state index >= 15 is 0 Å². The average Bonchev–Trinajstić information content (AvgIpc) is 2.14. The van der Waals surface area contributed by atoms with Gasteiger partial charge < -0.3 is 10.6 Å². The number of rotatable bonds is 4. The van der Waals surface area contributed by atoms with Gasteiger partial charge in [-0.2, -0.15) is 13.2 Å². The van der Waals surface area contributed by atoms with Crippen molar-refractivity contribution in [2.45, 2.75) is 19.1 Å². The standard InChI is InChI=1S/C10H14F3N3/c1-16(5-3-10(11,12)13)7-9-6-8(14)2-4-15-9/h2,4,6H,3,5,7H2,1H3,(H2,14,15). The van der Waals surface area contributed by atoms with Crippen molar-refractivity contribution in [1.82, 2.24) is 9.88 Å². The third kappa shape index (κ3) is 4.97. The number of hydrogen-bond acceptors (Lipinski definition) is 3. The Morgan fingerprint density at radius 3 is 2.69 bits per heavy atom. The minimum atomic E-state index is -4.11. The molecule has 16 heavy (non-hydrogen) atoms. The van der Waals surface area contributed by atoms with Gasteiger partial charge in [-0.05, 0) is 19.2 Å². The van der Waals surface area contributed by atoms with E-state index in [1.54, 1.807) is 30.3 Å². The van der Waals surface area contributed by atoms with Crippen molar-refractivity contribution in [2.75, 3.05) is 19.3 Å². The predicted octanol–water partition coefficient (Wildman–Crippen LogP) is 2.05. The molecule has 0 atom stereocenters. The molecule has 0 amide bonds. The molecular formula is C10H14F3N3. The summed E-state index contributed by atoms with van der Waals surface area (Å²) in [4.78, 5) is 5.59. The molecule has 0 unspecified atom stereocenters. The molecule has 0 aliphatic heterocycles. The second-order valence-corrected chi connectivity index (χ2v) is 3.68. The first-order valence-electron chi connectivity index (χ1n) is 4.82. The van der Waals surface area contributed by atoms with Crippen molar-refractivity contribution in [3.05, 3.63) is 24.0 Å². The van der Waals surface area contributed by atoms with Gasteiger partial charge in [-0.25, -0.2) is 0 Å². The van der Waals surface area contributed by atoms with Crippen LogP contribution < -0.4 is 5.73 Å². The fraction of sp³-hybridized carbons (Fsp3) is 0.500. The lowest BCUT2D eigenvalue weighted by molar-refractivity contribution is -0.137. The SMILES string of the molecule is CN(CCC(F)(F)F)Cc1cc(N)ccn1. The molecule has 0 fully saturated rings. The molecule has 1 heterocycles. The van der Waals surface area contributed by atoms with Gasteiger partial charge in [0.05, 0.1) is 12.1 Å². The van der Waals surface area contributed by atoms with Crippen molar-refractivity contribution in [1.29, 1.82) is 0 Å². The number of alkyl halides is 3. The third-order valence-corrected chi connectivity index (χ3v) is 2.05. The average molecular weight is 233 g/mol. The molecule has 0 aliphatic carbocycles. The molecule has 1 aromatic rings. The van der Waals surface area contributed by atoms with Gasteiger partial charge in [0.2, 0.25) is 0 Å². The lowest BCUT2D eigenvalue weighted by Gasteiger charge is -2.17. The third-order valence-electron chi connectivity index (χ3n) is 2.05. The summed E-state index contributed by atoms with van der Waals surface area (Å²) in [6.07, 6.45) is -3.38. The highest BCUT2D eigenvalue weighted by molar-refractivity contribution is 5.37. The maximum Gasteiger partial charge on any atom is 0.390 e. The number of hydrogen-bond donors (Lipinski definition) is 1. The zero-order chi connectivity index (χ0) is 12.2. The minimum Gasteiger partial charge on any atom is -0.399 e. The van der Waals surface area contributed by atoms with Crippen molar-refractivity contribution < 1.29 is 13.2 Å². The van der Waals surface area contributed by atoms with Gasteiger partial charge in [0.15, 0.2) is 0 Å². The fourth-order valence-corrected chi connectivity index (χ4v) is 1.26. The van der Waals surface area contributed by atoms with E-state index in [-0.39, 0.29) is 6.54 Å². The molecule has 0 saturated carbocycles. The van der Waals surface area contributed by atoms with Crippen LogP contribution in [0.3, 0.4) is 0 Å². The summed E-state index contributed by atoms with van der Waals surface area (Å²) in [7, 11) is 1.62. The smallest absolute Gasteiger partial charge is 0.390 e. The Morgan fingerprint density at radius 2 is 2.12 bits per heavy atom. The Labute approximate surface area is 92.1 Å². The van der Waals surface area contributed by atoms with Crippen LogP contribution in [0.15, 0.2) is 18.3 Å². The monoisotopic (exact) mass is 233 g/mol. The summed E-state index contributed by atoms with van der Waals surface area (Å²) >= 11 is 0. The van der Waals surface area contributed by atoms with Crippen LogP contribution in [0, 0.1) is 0 Å². The number of halogens is 3. The molecule has 3 nitrogen and oxygen atoms in total. The van der Waals surface area contributed by atoms with E-state index in [1.165, 1.54) is 0 Å². The maximum absolute atomic E-state index is 12.0. The van der Waals surface area contributed by atoms with E-state index < -0.39 is 12.6 Å². The molecule has 1 rings (SSSR count).